The third kappa shape index (κ3) is 8.68. The van der Waals surface area contributed by atoms with Gasteiger partial charge in [0.25, 0.3) is 0 Å². The van der Waals surface area contributed by atoms with Crippen LogP contribution < -0.4 is 11.1 Å². The van der Waals surface area contributed by atoms with Gasteiger partial charge in [0, 0.05) is 19.5 Å². The standard InChI is InChI=1S/C12H27N3O/c1-10(2)7-11(9-13)8-12(16)14-5-6-15(3)4/h10-11H,5-9,13H2,1-4H3,(H,14,16). The molecule has 0 fully saturated rings. The Morgan fingerprint density at radius 2 is 2.00 bits per heavy atom. The van der Waals surface area contributed by atoms with Crippen LogP contribution in [0.4, 0.5) is 0 Å². The Hall–Kier alpha value is -0.610. The summed E-state index contributed by atoms with van der Waals surface area (Å²) in [6.45, 7) is 6.51. The summed E-state index contributed by atoms with van der Waals surface area (Å²) >= 11 is 0. The van der Waals surface area contributed by atoms with E-state index in [2.05, 4.69) is 24.1 Å². The third-order valence-electron chi connectivity index (χ3n) is 2.49. The van der Waals surface area contributed by atoms with Gasteiger partial charge in [-0.25, -0.2) is 0 Å². The average molecular weight is 229 g/mol. The number of likely N-dealkylation sites (N-methyl/N-ethyl adjacent to an activating group) is 1. The molecule has 0 saturated carbocycles. The molecule has 4 heteroatoms. The number of rotatable bonds is 8. The molecule has 1 amide bonds. The second-order valence-electron chi connectivity index (χ2n) is 5.09. The third-order valence-corrected chi connectivity index (χ3v) is 2.49. The number of amides is 1. The second-order valence-corrected chi connectivity index (χ2v) is 5.09. The molecule has 0 aromatic rings. The summed E-state index contributed by atoms with van der Waals surface area (Å²) in [5, 5.41) is 2.92. The van der Waals surface area contributed by atoms with Crippen LogP contribution in [0.2, 0.25) is 0 Å². The van der Waals surface area contributed by atoms with Gasteiger partial charge in [0.05, 0.1) is 0 Å². The average Bonchev–Trinajstić information content (AvgIpc) is 2.15. The number of carbonyl (C=O) groups excluding carboxylic acids is 1. The van der Waals surface area contributed by atoms with Crippen LogP contribution in [0.15, 0.2) is 0 Å². The molecule has 0 aromatic carbocycles. The van der Waals surface area contributed by atoms with Crippen molar-refractivity contribution in [1.82, 2.24) is 10.2 Å². The number of carbonyl (C=O) groups is 1. The molecule has 1 unspecified atom stereocenters. The van der Waals surface area contributed by atoms with Crippen molar-refractivity contribution >= 4 is 5.91 Å². The Morgan fingerprint density at radius 3 is 2.44 bits per heavy atom. The first-order chi connectivity index (χ1) is 7.45. The van der Waals surface area contributed by atoms with E-state index >= 15 is 0 Å². The van der Waals surface area contributed by atoms with Gasteiger partial charge >= 0.3 is 0 Å². The Balaban J connectivity index is 3.74. The second kappa shape index (κ2) is 8.53. The van der Waals surface area contributed by atoms with Crippen LogP contribution in [0.25, 0.3) is 0 Å². The Morgan fingerprint density at radius 1 is 1.38 bits per heavy atom. The maximum Gasteiger partial charge on any atom is 0.220 e. The highest BCUT2D eigenvalue weighted by Crippen LogP contribution is 2.13. The highest BCUT2D eigenvalue weighted by Gasteiger charge is 2.13. The number of nitrogens with two attached hydrogens (primary N) is 1. The van der Waals surface area contributed by atoms with Crippen LogP contribution in [0, 0.1) is 11.8 Å². The molecule has 0 saturated heterocycles. The molecule has 0 heterocycles. The van der Waals surface area contributed by atoms with Crippen molar-refractivity contribution in [1.29, 1.82) is 0 Å². The summed E-state index contributed by atoms with van der Waals surface area (Å²) in [7, 11) is 3.99. The molecule has 0 aliphatic heterocycles. The Kier molecular flexibility index (Phi) is 8.21. The van der Waals surface area contributed by atoms with Gasteiger partial charge in [-0.1, -0.05) is 13.8 Å². The molecular weight excluding hydrogens is 202 g/mol. The normalized spacial score (nSPS) is 13.2. The van der Waals surface area contributed by atoms with E-state index in [4.69, 9.17) is 5.73 Å². The zero-order chi connectivity index (χ0) is 12.6. The van der Waals surface area contributed by atoms with Gasteiger partial charge in [-0.3, -0.25) is 4.79 Å². The minimum absolute atomic E-state index is 0.123. The maximum absolute atomic E-state index is 11.6. The fourth-order valence-corrected chi connectivity index (χ4v) is 1.68. The highest BCUT2D eigenvalue weighted by molar-refractivity contribution is 5.76. The zero-order valence-corrected chi connectivity index (χ0v) is 11.1. The Bertz CT molecular complexity index is 193. The van der Waals surface area contributed by atoms with Gasteiger partial charge in [0.15, 0.2) is 0 Å². The summed E-state index contributed by atoms with van der Waals surface area (Å²) in [6.07, 6.45) is 1.58. The van der Waals surface area contributed by atoms with Crippen molar-refractivity contribution < 1.29 is 4.79 Å². The van der Waals surface area contributed by atoms with Gasteiger partial charge < -0.3 is 16.0 Å². The molecule has 3 N–H and O–H groups in total. The van der Waals surface area contributed by atoms with Crippen molar-refractivity contribution in [2.45, 2.75) is 26.7 Å². The lowest BCUT2D eigenvalue weighted by Crippen LogP contribution is -2.33. The van der Waals surface area contributed by atoms with E-state index in [0.717, 1.165) is 13.0 Å². The summed E-state index contributed by atoms with van der Waals surface area (Å²) in [4.78, 5) is 13.6. The predicted octanol–water partition coefficient (Wildman–Crippen LogP) is 0.675. The quantitative estimate of drug-likeness (QED) is 0.643. The van der Waals surface area contributed by atoms with Gasteiger partial charge in [-0.2, -0.15) is 0 Å². The van der Waals surface area contributed by atoms with Crippen LogP contribution >= 0.6 is 0 Å². The molecule has 0 aromatic heterocycles. The van der Waals surface area contributed by atoms with Gasteiger partial charge in [0.1, 0.15) is 0 Å². The number of hydrogen-bond acceptors (Lipinski definition) is 3. The van der Waals surface area contributed by atoms with Crippen molar-refractivity contribution in [3.8, 4) is 0 Å². The predicted molar refractivity (Wildman–Crippen MR) is 68.2 cm³/mol. The monoisotopic (exact) mass is 229 g/mol. The molecule has 0 radical (unpaired) electrons. The molecular formula is C12H27N3O. The number of nitrogens with one attached hydrogen (secondary N) is 1. The summed E-state index contributed by atoms with van der Waals surface area (Å²) in [6, 6.07) is 0. The summed E-state index contributed by atoms with van der Waals surface area (Å²) < 4.78 is 0. The van der Waals surface area contributed by atoms with E-state index in [1.54, 1.807) is 0 Å². The zero-order valence-electron chi connectivity index (χ0n) is 11.1. The highest BCUT2D eigenvalue weighted by atomic mass is 16.1. The summed E-state index contributed by atoms with van der Waals surface area (Å²) in [5.41, 5.74) is 5.66. The van der Waals surface area contributed by atoms with Crippen molar-refractivity contribution in [2.24, 2.45) is 17.6 Å². The fourth-order valence-electron chi connectivity index (χ4n) is 1.68. The van der Waals surface area contributed by atoms with Gasteiger partial charge in [0.2, 0.25) is 5.91 Å². The first-order valence-corrected chi connectivity index (χ1v) is 6.07. The first kappa shape index (κ1) is 15.4. The van der Waals surface area contributed by atoms with Crippen LogP contribution in [-0.4, -0.2) is 44.5 Å². The molecule has 0 spiro atoms. The smallest absolute Gasteiger partial charge is 0.220 e. The maximum atomic E-state index is 11.6. The molecule has 0 rings (SSSR count). The SMILES string of the molecule is CC(C)CC(CN)CC(=O)NCCN(C)C. The van der Waals surface area contributed by atoms with Crippen LogP contribution in [0.1, 0.15) is 26.7 Å². The lowest BCUT2D eigenvalue weighted by Gasteiger charge is -2.17. The first-order valence-electron chi connectivity index (χ1n) is 6.07. The molecule has 0 aliphatic rings. The van der Waals surface area contributed by atoms with Crippen molar-refractivity contribution in [3.05, 3.63) is 0 Å². The molecule has 0 bridgehead atoms. The van der Waals surface area contributed by atoms with Crippen molar-refractivity contribution in [3.63, 3.8) is 0 Å². The topological polar surface area (TPSA) is 58.4 Å². The minimum Gasteiger partial charge on any atom is -0.355 e. The fraction of sp³-hybridized carbons (Fsp3) is 0.917. The largest absolute Gasteiger partial charge is 0.355 e. The lowest BCUT2D eigenvalue weighted by molar-refractivity contribution is -0.122. The van der Waals surface area contributed by atoms with Crippen LogP contribution in [-0.2, 0) is 4.79 Å². The molecule has 4 nitrogen and oxygen atoms in total. The molecule has 16 heavy (non-hydrogen) atoms. The Labute approximate surface area is 99.6 Å². The molecule has 0 aliphatic carbocycles. The molecule has 1 atom stereocenters. The van der Waals surface area contributed by atoms with E-state index in [9.17, 15) is 4.79 Å². The number of nitrogens with zero attached hydrogens (tertiary/aromatic N) is 1. The summed E-state index contributed by atoms with van der Waals surface area (Å²) in [5.74, 6) is 1.04. The van der Waals surface area contributed by atoms with Gasteiger partial charge in [-0.15, -0.1) is 0 Å². The van der Waals surface area contributed by atoms with E-state index in [-0.39, 0.29) is 5.91 Å². The van der Waals surface area contributed by atoms with E-state index < -0.39 is 0 Å². The van der Waals surface area contributed by atoms with Gasteiger partial charge in [-0.05, 0) is 38.9 Å². The number of hydrogen-bond donors (Lipinski definition) is 2. The lowest BCUT2D eigenvalue weighted by atomic mass is 9.94. The van der Waals surface area contributed by atoms with Crippen LogP contribution in [0.5, 0.6) is 0 Å². The van der Waals surface area contributed by atoms with E-state index in [1.807, 2.05) is 14.1 Å². The van der Waals surface area contributed by atoms with Crippen LogP contribution in [0.3, 0.4) is 0 Å². The van der Waals surface area contributed by atoms with E-state index in [0.29, 0.717) is 31.3 Å². The minimum atomic E-state index is 0.123. The molecule has 96 valence electrons. The van der Waals surface area contributed by atoms with Crippen molar-refractivity contribution in [2.75, 3.05) is 33.7 Å². The van der Waals surface area contributed by atoms with E-state index in [1.165, 1.54) is 0 Å².